The lowest BCUT2D eigenvalue weighted by molar-refractivity contribution is -0.0497. The van der Waals surface area contributed by atoms with Crippen molar-refractivity contribution in [2.45, 2.75) is 13.2 Å². The van der Waals surface area contributed by atoms with E-state index in [0.29, 0.717) is 28.2 Å². The second kappa shape index (κ2) is 7.08. The first-order chi connectivity index (χ1) is 13.5. The first kappa shape index (κ1) is 18.2. The number of hydrogen-bond acceptors (Lipinski definition) is 5. The van der Waals surface area contributed by atoms with E-state index in [2.05, 4.69) is 20.3 Å². The third kappa shape index (κ3) is 3.13. The van der Waals surface area contributed by atoms with Crippen LogP contribution < -0.4 is 15.6 Å². The van der Waals surface area contributed by atoms with Gasteiger partial charge in [0.2, 0.25) is 5.78 Å². The van der Waals surface area contributed by atoms with Gasteiger partial charge in [0.25, 0.3) is 5.56 Å². The second-order valence-electron chi connectivity index (χ2n) is 6.01. The molecule has 0 bridgehead atoms. The number of halogens is 3. The second-order valence-corrected chi connectivity index (χ2v) is 6.42. The summed E-state index contributed by atoms with van der Waals surface area (Å²) in [6, 6.07) is 11.6. The number of hydrogen-bond donors (Lipinski definition) is 1. The van der Waals surface area contributed by atoms with Crippen LogP contribution in [0.25, 0.3) is 16.7 Å². The van der Waals surface area contributed by atoms with Gasteiger partial charge in [-0.05, 0) is 30.3 Å². The molecule has 7 nitrogen and oxygen atoms in total. The van der Waals surface area contributed by atoms with Crippen LogP contribution in [0.15, 0.2) is 47.3 Å². The molecule has 0 aliphatic rings. The molecule has 144 valence electrons. The molecular weight excluding hydrogens is 392 g/mol. The van der Waals surface area contributed by atoms with Crippen molar-refractivity contribution in [1.29, 1.82) is 0 Å². The Morgan fingerprint density at radius 2 is 2.00 bits per heavy atom. The molecule has 0 radical (unpaired) electrons. The van der Waals surface area contributed by atoms with E-state index < -0.39 is 6.61 Å². The van der Waals surface area contributed by atoms with Gasteiger partial charge in [-0.25, -0.2) is 0 Å². The highest BCUT2D eigenvalue weighted by Crippen LogP contribution is 2.29. The summed E-state index contributed by atoms with van der Waals surface area (Å²) in [4.78, 5) is 12.5. The molecule has 0 atom stereocenters. The Bertz CT molecular complexity index is 1240. The van der Waals surface area contributed by atoms with Crippen molar-refractivity contribution in [1.82, 2.24) is 19.2 Å². The quantitative estimate of drug-likeness (QED) is 0.550. The molecule has 28 heavy (non-hydrogen) atoms. The van der Waals surface area contributed by atoms with Crippen LogP contribution in [0.1, 0.15) is 5.82 Å². The van der Waals surface area contributed by atoms with Gasteiger partial charge in [-0.3, -0.25) is 13.8 Å². The monoisotopic (exact) mass is 405 g/mol. The highest BCUT2D eigenvalue weighted by atomic mass is 35.5. The first-order valence-corrected chi connectivity index (χ1v) is 8.63. The summed E-state index contributed by atoms with van der Waals surface area (Å²) in [6.07, 6.45) is 0. The Morgan fingerprint density at radius 1 is 1.21 bits per heavy atom. The fourth-order valence-electron chi connectivity index (χ4n) is 2.99. The maximum absolute atomic E-state index is 12.5. The summed E-state index contributed by atoms with van der Waals surface area (Å²) in [5, 5.41) is 12.0. The van der Waals surface area contributed by atoms with Gasteiger partial charge in [-0.2, -0.15) is 8.78 Å². The normalized spacial score (nSPS) is 11.5. The number of rotatable bonds is 5. The molecule has 0 aliphatic heterocycles. The Labute approximate surface area is 162 Å². The van der Waals surface area contributed by atoms with Crippen molar-refractivity contribution in [2.75, 3.05) is 5.32 Å². The summed E-state index contributed by atoms with van der Waals surface area (Å²) in [7, 11) is 1.64. The van der Waals surface area contributed by atoms with Crippen molar-refractivity contribution in [3.05, 3.63) is 63.7 Å². The van der Waals surface area contributed by atoms with Gasteiger partial charge in [-0.1, -0.05) is 23.7 Å². The van der Waals surface area contributed by atoms with Crippen molar-refractivity contribution in [3.8, 4) is 5.75 Å². The van der Waals surface area contributed by atoms with Crippen molar-refractivity contribution in [2.24, 2.45) is 7.05 Å². The fraction of sp³-hybridized carbons (Fsp3) is 0.167. The molecule has 0 fully saturated rings. The molecule has 4 aromatic rings. The van der Waals surface area contributed by atoms with Crippen LogP contribution in [0.5, 0.6) is 5.75 Å². The molecule has 0 spiro atoms. The van der Waals surface area contributed by atoms with Gasteiger partial charge in [-0.15, -0.1) is 10.2 Å². The zero-order valence-electron chi connectivity index (χ0n) is 14.6. The first-order valence-electron chi connectivity index (χ1n) is 8.25. The number of benzene rings is 2. The van der Waals surface area contributed by atoms with Gasteiger partial charge in [0.15, 0.2) is 5.82 Å². The van der Waals surface area contributed by atoms with Crippen LogP contribution >= 0.6 is 11.6 Å². The van der Waals surface area contributed by atoms with Crippen LogP contribution in [0.2, 0.25) is 5.02 Å². The Balaban J connectivity index is 1.68. The number of para-hydroxylation sites is 1. The lowest BCUT2D eigenvalue weighted by atomic mass is 10.2. The third-order valence-corrected chi connectivity index (χ3v) is 4.59. The standard InChI is InChI=1S/C18H14ClF2N5O2/c1-25-16(27)11-4-2-3-5-13(11)26-15(23-24-18(25)26)9-22-10-6-7-14(12(19)8-10)28-17(20)21/h2-8,17,22H,9H2,1H3. The molecule has 4 rings (SSSR count). The zero-order chi connectivity index (χ0) is 19.8. The topological polar surface area (TPSA) is 73.5 Å². The van der Waals surface area contributed by atoms with Gasteiger partial charge < -0.3 is 10.1 Å². The number of aryl methyl sites for hydroxylation is 1. The van der Waals surface area contributed by atoms with E-state index in [1.54, 1.807) is 29.6 Å². The average Bonchev–Trinajstić information content (AvgIpc) is 3.10. The molecule has 0 amide bonds. The lowest BCUT2D eigenvalue weighted by Crippen LogP contribution is -2.20. The number of ether oxygens (including phenoxy) is 1. The SMILES string of the molecule is Cn1c(=O)c2ccccc2n2c(CNc3ccc(OC(F)F)c(Cl)c3)nnc12. The van der Waals surface area contributed by atoms with Crippen LogP contribution in [0, 0.1) is 0 Å². The number of anilines is 1. The summed E-state index contributed by atoms with van der Waals surface area (Å²) >= 11 is 5.98. The van der Waals surface area contributed by atoms with Crippen LogP contribution in [0.4, 0.5) is 14.5 Å². The van der Waals surface area contributed by atoms with Crippen molar-refractivity contribution < 1.29 is 13.5 Å². The van der Waals surface area contributed by atoms with Gasteiger partial charge in [0.1, 0.15) is 5.75 Å². The Morgan fingerprint density at radius 3 is 2.75 bits per heavy atom. The van der Waals surface area contributed by atoms with E-state index in [1.165, 1.54) is 16.7 Å². The highest BCUT2D eigenvalue weighted by molar-refractivity contribution is 6.32. The van der Waals surface area contributed by atoms with Gasteiger partial charge >= 0.3 is 6.61 Å². The zero-order valence-corrected chi connectivity index (χ0v) is 15.3. The molecule has 0 unspecified atom stereocenters. The summed E-state index contributed by atoms with van der Waals surface area (Å²) < 4.78 is 32.2. The Kier molecular flexibility index (Phi) is 4.60. The predicted octanol–water partition coefficient (Wildman–Crippen LogP) is 3.45. The molecule has 2 aromatic carbocycles. The van der Waals surface area contributed by atoms with E-state index in [0.717, 1.165) is 0 Å². The van der Waals surface area contributed by atoms with Gasteiger partial charge in [0.05, 0.1) is 22.5 Å². The Hall–Kier alpha value is -3.20. The molecule has 1 N–H and O–H groups in total. The van der Waals surface area contributed by atoms with Crippen LogP contribution in [-0.4, -0.2) is 25.8 Å². The molecule has 0 aliphatic carbocycles. The maximum atomic E-state index is 12.5. The number of nitrogens with zero attached hydrogens (tertiary/aromatic N) is 4. The van der Waals surface area contributed by atoms with Crippen LogP contribution in [0.3, 0.4) is 0 Å². The minimum Gasteiger partial charge on any atom is -0.433 e. The fourth-order valence-corrected chi connectivity index (χ4v) is 3.22. The summed E-state index contributed by atoms with van der Waals surface area (Å²) in [6.45, 7) is -2.67. The maximum Gasteiger partial charge on any atom is 0.387 e. The molecule has 0 saturated heterocycles. The van der Waals surface area contributed by atoms with E-state index in [9.17, 15) is 13.6 Å². The third-order valence-electron chi connectivity index (χ3n) is 4.29. The molecular formula is C18H14ClF2N5O2. The molecule has 10 heteroatoms. The predicted molar refractivity (Wildman–Crippen MR) is 101 cm³/mol. The van der Waals surface area contributed by atoms with Crippen molar-refractivity contribution in [3.63, 3.8) is 0 Å². The van der Waals surface area contributed by atoms with E-state index in [1.807, 2.05) is 12.1 Å². The molecule has 2 heterocycles. The van der Waals surface area contributed by atoms with Crippen molar-refractivity contribution >= 4 is 34.0 Å². The summed E-state index contributed by atoms with van der Waals surface area (Å²) in [5.74, 6) is 0.890. The number of aromatic nitrogens is 4. The van der Waals surface area contributed by atoms with E-state index in [-0.39, 0.29) is 22.9 Å². The largest absolute Gasteiger partial charge is 0.433 e. The minimum atomic E-state index is -2.95. The minimum absolute atomic E-state index is 0.0595. The highest BCUT2D eigenvalue weighted by Gasteiger charge is 2.14. The average molecular weight is 406 g/mol. The molecule has 2 aromatic heterocycles. The van der Waals surface area contributed by atoms with E-state index in [4.69, 9.17) is 11.6 Å². The number of nitrogens with one attached hydrogen (secondary N) is 1. The van der Waals surface area contributed by atoms with Crippen LogP contribution in [-0.2, 0) is 13.6 Å². The molecule has 0 saturated carbocycles. The van der Waals surface area contributed by atoms with E-state index >= 15 is 0 Å². The number of fused-ring (bicyclic) bond motifs is 3. The summed E-state index contributed by atoms with van der Waals surface area (Å²) in [5.41, 5.74) is 1.13. The van der Waals surface area contributed by atoms with Gasteiger partial charge in [0, 0.05) is 12.7 Å². The lowest BCUT2D eigenvalue weighted by Gasteiger charge is -2.11. The smallest absolute Gasteiger partial charge is 0.387 e. The number of alkyl halides is 2.